The lowest BCUT2D eigenvalue weighted by Crippen LogP contribution is -2.36. The van der Waals surface area contributed by atoms with Gasteiger partial charge >= 0.3 is 5.97 Å². The Kier molecular flexibility index (Phi) is 16.2. The molecule has 1 saturated heterocycles. The van der Waals surface area contributed by atoms with Gasteiger partial charge in [-0.25, -0.2) is 0 Å². The number of thioether (sulfide) groups is 2. The molecule has 2 aromatic rings. The zero-order valence-corrected chi connectivity index (χ0v) is 37.2. The van der Waals surface area contributed by atoms with Crippen LogP contribution < -0.4 is 4.74 Å². The Morgan fingerprint density at radius 1 is 0.793 bits per heavy atom. The van der Waals surface area contributed by atoms with E-state index in [9.17, 15) is 14.4 Å². The van der Waals surface area contributed by atoms with Crippen LogP contribution in [-0.2, 0) is 38.7 Å². The van der Waals surface area contributed by atoms with Crippen LogP contribution in [-0.4, -0.2) is 76.0 Å². The number of hydrogen-bond acceptors (Lipinski definition) is 12. The summed E-state index contributed by atoms with van der Waals surface area (Å²) in [5.74, 6) is 1.76. The number of allylic oxidation sites excluding steroid dienone is 8. The van der Waals surface area contributed by atoms with Gasteiger partial charge in [0.15, 0.2) is 16.5 Å². The third-order valence-electron chi connectivity index (χ3n) is 10.7. The summed E-state index contributed by atoms with van der Waals surface area (Å²) < 4.78 is 29.3. The molecule has 0 spiro atoms. The van der Waals surface area contributed by atoms with E-state index in [1.807, 2.05) is 27.7 Å². The van der Waals surface area contributed by atoms with Crippen molar-refractivity contribution in [1.29, 1.82) is 0 Å². The van der Waals surface area contributed by atoms with Crippen LogP contribution in [0.5, 0.6) is 5.75 Å². The van der Waals surface area contributed by atoms with Gasteiger partial charge in [0.2, 0.25) is 0 Å². The van der Waals surface area contributed by atoms with Crippen molar-refractivity contribution in [2.24, 2.45) is 5.92 Å². The smallest absolute Gasteiger partial charge is 0.307 e. The SMILES string of the molecule is CC(S)CC(=O)SC(C)CC(=O)OCCOC1=CC=C(C2(c3ccc(OCCOC4OC4CC(C)SC(=O)CC(C)S)cc3)c3ccccc3C3C=CC=CC32)CC1. The van der Waals surface area contributed by atoms with Crippen molar-refractivity contribution in [3.63, 3.8) is 0 Å². The maximum absolute atomic E-state index is 12.4. The van der Waals surface area contributed by atoms with E-state index in [4.69, 9.17) is 23.7 Å². The molecule has 2 aromatic carbocycles. The minimum Gasteiger partial charge on any atom is -0.494 e. The number of thiol groups is 2. The van der Waals surface area contributed by atoms with Gasteiger partial charge in [-0.15, -0.1) is 0 Å². The summed E-state index contributed by atoms with van der Waals surface area (Å²) in [6.45, 7) is 8.93. The number of fused-ring (bicyclic) bond motifs is 3. The molecule has 1 fully saturated rings. The molecule has 3 aliphatic carbocycles. The summed E-state index contributed by atoms with van der Waals surface area (Å²) in [4.78, 5) is 36.6. The van der Waals surface area contributed by atoms with Gasteiger partial charge in [0.25, 0.3) is 0 Å². The summed E-state index contributed by atoms with van der Waals surface area (Å²) in [5, 5.41) is 0.259. The van der Waals surface area contributed by atoms with Gasteiger partial charge < -0.3 is 23.7 Å². The zero-order valence-electron chi connectivity index (χ0n) is 33.7. The number of rotatable bonds is 21. The van der Waals surface area contributed by atoms with Crippen molar-refractivity contribution in [2.75, 3.05) is 26.4 Å². The van der Waals surface area contributed by atoms with Gasteiger partial charge in [-0.2, -0.15) is 25.3 Å². The molecule has 0 radical (unpaired) electrons. The van der Waals surface area contributed by atoms with E-state index in [1.54, 1.807) is 0 Å². The lowest BCUT2D eigenvalue weighted by molar-refractivity contribution is -0.144. The molecule has 0 amide bonds. The summed E-state index contributed by atoms with van der Waals surface area (Å²) in [6.07, 6.45) is 16.4. The van der Waals surface area contributed by atoms with Gasteiger partial charge in [-0.1, -0.05) is 124 Å². The van der Waals surface area contributed by atoms with Crippen molar-refractivity contribution >= 4 is 65.0 Å². The molecule has 12 heteroatoms. The van der Waals surface area contributed by atoms with Crippen LogP contribution in [0.3, 0.4) is 0 Å². The van der Waals surface area contributed by atoms with E-state index in [2.05, 4.69) is 110 Å². The normalized spacial score (nSPS) is 25.0. The maximum atomic E-state index is 12.4. The first kappa shape index (κ1) is 44.7. The lowest BCUT2D eigenvalue weighted by Gasteiger charge is -2.41. The molecule has 6 rings (SSSR count). The van der Waals surface area contributed by atoms with Crippen LogP contribution >= 0.6 is 48.8 Å². The maximum Gasteiger partial charge on any atom is 0.307 e. The fourth-order valence-electron chi connectivity index (χ4n) is 8.28. The average Bonchev–Trinajstić information content (AvgIpc) is 3.84. The molecule has 1 aliphatic heterocycles. The largest absolute Gasteiger partial charge is 0.494 e. The Morgan fingerprint density at radius 3 is 2.19 bits per heavy atom. The topological polar surface area (TPSA) is 101 Å². The molecule has 9 unspecified atom stereocenters. The fraction of sp³-hybridized carbons (Fsp3) is 0.500. The summed E-state index contributed by atoms with van der Waals surface area (Å²) in [7, 11) is 0. The van der Waals surface area contributed by atoms with Crippen LogP contribution in [0.25, 0.3) is 0 Å². The molecule has 0 bridgehead atoms. The third kappa shape index (κ3) is 11.7. The van der Waals surface area contributed by atoms with Crippen molar-refractivity contribution in [3.8, 4) is 5.75 Å². The predicted octanol–water partition coefficient (Wildman–Crippen LogP) is 9.59. The van der Waals surface area contributed by atoms with Crippen LogP contribution in [0.15, 0.2) is 96.3 Å². The Bertz CT molecular complexity index is 1870. The molecule has 0 saturated carbocycles. The van der Waals surface area contributed by atoms with Gasteiger partial charge in [-0.3, -0.25) is 14.4 Å². The number of carbonyl (C=O) groups is 3. The van der Waals surface area contributed by atoms with Crippen LogP contribution in [0.4, 0.5) is 0 Å². The Morgan fingerprint density at radius 2 is 1.48 bits per heavy atom. The zero-order chi connectivity index (χ0) is 41.2. The van der Waals surface area contributed by atoms with E-state index in [1.165, 1.54) is 45.8 Å². The highest BCUT2D eigenvalue weighted by molar-refractivity contribution is 8.14. The number of carbonyl (C=O) groups excluding carboxylic acids is 3. The monoisotopic (exact) mass is 864 g/mol. The van der Waals surface area contributed by atoms with Gasteiger partial charge in [-0.05, 0) is 47.7 Å². The van der Waals surface area contributed by atoms with Crippen LogP contribution in [0.1, 0.15) is 88.8 Å². The molecule has 0 aromatic heterocycles. The van der Waals surface area contributed by atoms with Gasteiger partial charge in [0.05, 0.1) is 18.8 Å². The predicted molar refractivity (Wildman–Crippen MR) is 240 cm³/mol. The second kappa shape index (κ2) is 21.1. The average molecular weight is 865 g/mol. The van der Waals surface area contributed by atoms with Crippen molar-refractivity contribution in [3.05, 3.63) is 113 Å². The fourth-order valence-corrected chi connectivity index (χ4v) is 10.9. The van der Waals surface area contributed by atoms with Crippen molar-refractivity contribution in [1.82, 2.24) is 0 Å². The number of esters is 1. The van der Waals surface area contributed by atoms with E-state index < -0.39 is 0 Å². The minimum atomic E-state index is -0.383. The van der Waals surface area contributed by atoms with E-state index in [0.29, 0.717) is 26.1 Å². The quantitative estimate of drug-likeness (QED) is 0.0547. The Labute approximate surface area is 363 Å². The van der Waals surface area contributed by atoms with E-state index >= 15 is 0 Å². The summed E-state index contributed by atoms with van der Waals surface area (Å²) in [6, 6.07) is 17.4. The number of epoxide rings is 1. The van der Waals surface area contributed by atoms with Gasteiger partial charge in [0.1, 0.15) is 31.7 Å². The highest BCUT2D eigenvalue weighted by atomic mass is 32.2. The highest BCUT2D eigenvalue weighted by Crippen LogP contribution is 2.61. The molecule has 58 heavy (non-hydrogen) atoms. The van der Waals surface area contributed by atoms with Crippen LogP contribution in [0.2, 0.25) is 0 Å². The first-order valence-electron chi connectivity index (χ1n) is 20.3. The van der Waals surface area contributed by atoms with Crippen LogP contribution in [0, 0.1) is 5.92 Å². The molecule has 312 valence electrons. The molecule has 8 nitrogen and oxygen atoms in total. The number of benzene rings is 2. The number of hydrogen-bond donors (Lipinski definition) is 2. The van der Waals surface area contributed by atoms with Crippen molar-refractivity contribution in [2.45, 2.75) is 111 Å². The molecule has 0 N–H and O–H groups in total. The standard InChI is InChI=1S/C46H56O8S4/c1-29(55)25-43(48)57-31(3)27-41-45(54-41)53-24-22-51-36-19-15-34(16-20-36)46(39-11-7-5-9-37(39)38-10-6-8-12-40(38)46)33-13-17-35(18-14-33)50-21-23-52-42(47)28-32(4)58-44(49)26-30(2)56/h5-13,15-17,19-20,29-32,37,39,41,45,55-56H,14,18,21-28H2,1-4H3. The lowest BCUT2D eigenvalue weighted by atomic mass is 9.61. The molecule has 9 atom stereocenters. The second-order valence-electron chi connectivity index (χ2n) is 15.5. The van der Waals surface area contributed by atoms with E-state index in [-0.39, 0.29) is 86.5 Å². The Hall–Kier alpha value is -2.87. The Balaban J connectivity index is 1.05. The molecular weight excluding hydrogens is 809 g/mol. The third-order valence-corrected chi connectivity index (χ3v) is 13.1. The second-order valence-corrected chi connectivity index (χ2v) is 20.3. The van der Waals surface area contributed by atoms with E-state index in [0.717, 1.165) is 30.8 Å². The summed E-state index contributed by atoms with van der Waals surface area (Å²) >= 11 is 11.1. The highest BCUT2D eigenvalue weighted by Gasteiger charge is 2.53. The number of ether oxygens (including phenoxy) is 5. The molecule has 4 aliphatic rings. The first-order chi connectivity index (χ1) is 27.9. The van der Waals surface area contributed by atoms with Gasteiger partial charge in [0, 0.05) is 57.5 Å². The minimum absolute atomic E-state index is 0.00606. The molecule has 1 heterocycles. The molecular formula is C46H56O8S4. The first-order valence-corrected chi connectivity index (χ1v) is 23.1. The van der Waals surface area contributed by atoms with Crippen molar-refractivity contribution < 1.29 is 38.1 Å². The summed E-state index contributed by atoms with van der Waals surface area (Å²) in [5.41, 5.74) is 4.82.